The number of carbonyl (C=O) groups excluding carboxylic acids is 3. The van der Waals surface area contributed by atoms with Crippen molar-refractivity contribution in [3.05, 3.63) is 53.9 Å². The van der Waals surface area contributed by atoms with Crippen LogP contribution in [0.4, 0.5) is 0 Å². The monoisotopic (exact) mass is 442 g/mol. The predicted octanol–water partition coefficient (Wildman–Crippen LogP) is 3.20. The molecule has 0 aliphatic carbocycles. The smallest absolute Gasteiger partial charge is 0.226 e. The van der Waals surface area contributed by atoms with E-state index in [1.54, 1.807) is 24.2 Å². The largest absolute Gasteiger partial charge is 0.504 e. The molecule has 1 aliphatic heterocycles. The third-order valence-corrected chi connectivity index (χ3v) is 6.37. The molecule has 2 unspecified atom stereocenters. The molecule has 0 radical (unpaired) electrons. The molecule has 1 saturated heterocycles. The molecular formula is C23H26N2O5S. The lowest BCUT2D eigenvalue weighted by atomic mass is 9.98. The lowest BCUT2D eigenvalue weighted by Gasteiger charge is -2.26. The van der Waals surface area contributed by atoms with Crippen molar-refractivity contribution in [1.82, 2.24) is 9.88 Å². The first-order valence-corrected chi connectivity index (χ1v) is 11.3. The number of thioether (sulfide) groups is 1. The van der Waals surface area contributed by atoms with E-state index in [0.717, 1.165) is 18.4 Å². The fraction of sp³-hybridized carbons (Fsp3) is 0.391. The summed E-state index contributed by atoms with van der Waals surface area (Å²) >= 11 is 1.24. The van der Waals surface area contributed by atoms with Gasteiger partial charge in [-0.1, -0.05) is 18.7 Å². The van der Waals surface area contributed by atoms with Crippen molar-refractivity contribution in [2.24, 2.45) is 5.92 Å². The number of hydrogen-bond acceptors (Lipinski definition) is 7. The maximum absolute atomic E-state index is 13.0. The molecule has 1 aromatic carbocycles. The first-order chi connectivity index (χ1) is 14.9. The average molecular weight is 443 g/mol. The zero-order valence-corrected chi connectivity index (χ0v) is 18.2. The Morgan fingerprint density at radius 1 is 1.16 bits per heavy atom. The number of Topliss-reactive ketones (excluding diaryl/α,β-unsaturated/α-hetero) is 1. The second-order valence-electron chi connectivity index (χ2n) is 7.69. The van der Waals surface area contributed by atoms with Gasteiger partial charge in [0.2, 0.25) is 11.0 Å². The van der Waals surface area contributed by atoms with Crippen LogP contribution >= 0.6 is 11.8 Å². The van der Waals surface area contributed by atoms with Gasteiger partial charge in [0.25, 0.3) is 0 Å². The summed E-state index contributed by atoms with van der Waals surface area (Å²) < 4.78 is 0. The fourth-order valence-electron chi connectivity index (χ4n) is 3.65. The van der Waals surface area contributed by atoms with Crippen LogP contribution in [-0.2, 0) is 16.0 Å². The van der Waals surface area contributed by atoms with Gasteiger partial charge in [-0.25, -0.2) is 0 Å². The average Bonchev–Trinajstić information content (AvgIpc) is 3.25. The lowest BCUT2D eigenvalue weighted by Crippen LogP contribution is -2.42. The number of pyridine rings is 1. The number of hydrogen-bond donors (Lipinski definition) is 2. The van der Waals surface area contributed by atoms with Crippen LogP contribution < -0.4 is 0 Å². The van der Waals surface area contributed by atoms with Crippen LogP contribution in [0.15, 0.2) is 42.7 Å². The third kappa shape index (κ3) is 5.85. The summed E-state index contributed by atoms with van der Waals surface area (Å²) in [5.74, 6) is -1.13. The Labute approximate surface area is 185 Å². The molecule has 7 nitrogen and oxygen atoms in total. The fourth-order valence-corrected chi connectivity index (χ4v) is 4.63. The number of ketones is 1. The van der Waals surface area contributed by atoms with Gasteiger partial charge in [0.05, 0.1) is 0 Å². The van der Waals surface area contributed by atoms with Crippen molar-refractivity contribution >= 4 is 28.6 Å². The number of likely N-dealkylation sites (tertiary alicyclic amines) is 1. The highest BCUT2D eigenvalue weighted by molar-refractivity contribution is 8.13. The zero-order chi connectivity index (χ0) is 22.4. The number of phenols is 2. The number of aromatic nitrogens is 1. The van der Waals surface area contributed by atoms with E-state index in [-0.39, 0.29) is 40.3 Å². The molecule has 1 amide bonds. The number of benzene rings is 1. The second kappa shape index (κ2) is 10.4. The third-order valence-electron chi connectivity index (χ3n) is 5.40. The number of phenolic OH excluding ortho intramolecular Hbond substituents is 2. The van der Waals surface area contributed by atoms with Crippen LogP contribution in [0.5, 0.6) is 11.5 Å². The molecule has 2 heterocycles. The Morgan fingerprint density at radius 2 is 1.90 bits per heavy atom. The van der Waals surface area contributed by atoms with E-state index in [1.165, 1.54) is 30.0 Å². The zero-order valence-electron chi connectivity index (χ0n) is 17.4. The summed E-state index contributed by atoms with van der Waals surface area (Å²) in [4.78, 5) is 43.8. The van der Waals surface area contributed by atoms with Gasteiger partial charge in [-0.05, 0) is 55.2 Å². The van der Waals surface area contributed by atoms with Gasteiger partial charge >= 0.3 is 0 Å². The topological polar surface area (TPSA) is 108 Å². The van der Waals surface area contributed by atoms with Gasteiger partial charge < -0.3 is 15.1 Å². The molecule has 2 N–H and O–H groups in total. The standard InChI is InChI=1S/C23H26N2O5S/c1-15(13-20(27)17-4-5-19(26)21(28)14-17)22(29)25-11-2-3-18(25)23(30)31-12-8-16-6-9-24-10-7-16/h4-7,9-10,14-15,18,26,28H,2-3,8,11-13H2,1H3. The first-order valence-electron chi connectivity index (χ1n) is 10.3. The molecule has 0 spiro atoms. The molecule has 8 heteroatoms. The highest BCUT2D eigenvalue weighted by Gasteiger charge is 2.36. The summed E-state index contributed by atoms with van der Waals surface area (Å²) in [6.45, 7) is 2.19. The van der Waals surface area contributed by atoms with Crippen molar-refractivity contribution in [3.8, 4) is 11.5 Å². The maximum atomic E-state index is 13.0. The van der Waals surface area contributed by atoms with Gasteiger partial charge in [-0.2, -0.15) is 0 Å². The highest BCUT2D eigenvalue weighted by Crippen LogP contribution is 2.28. The second-order valence-corrected chi connectivity index (χ2v) is 8.79. The number of amides is 1. The maximum Gasteiger partial charge on any atom is 0.226 e. The Kier molecular flexibility index (Phi) is 7.68. The summed E-state index contributed by atoms with van der Waals surface area (Å²) in [7, 11) is 0. The van der Waals surface area contributed by atoms with Gasteiger partial charge in [0.15, 0.2) is 17.3 Å². The molecule has 2 aromatic rings. The molecule has 164 valence electrons. The predicted molar refractivity (Wildman–Crippen MR) is 118 cm³/mol. The Hall–Kier alpha value is -2.87. The number of nitrogens with zero attached hydrogens (tertiary/aromatic N) is 2. The van der Waals surface area contributed by atoms with E-state index < -0.39 is 12.0 Å². The Morgan fingerprint density at radius 3 is 2.61 bits per heavy atom. The van der Waals surface area contributed by atoms with Crippen LogP contribution in [0.3, 0.4) is 0 Å². The van der Waals surface area contributed by atoms with Crippen LogP contribution in [-0.4, -0.2) is 55.2 Å². The quantitative estimate of drug-likeness (QED) is 0.477. The van der Waals surface area contributed by atoms with Gasteiger partial charge in [0, 0.05) is 42.6 Å². The molecule has 31 heavy (non-hydrogen) atoms. The number of carbonyl (C=O) groups is 3. The molecule has 2 atom stereocenters. The molecule has 1 aromatic heterocycles. The van der Waals surface area contributed by atoms with Crippen molar-refractivity contribution in [3.63, 3.8) is 0 Å². The minimum absolute atomic E-state index is 0.0121. The normalized spacial score (nSPS) is 16.8. The summed E-state index contributed by atoms with van der Waals surface area (Å²) in [5.41, 5.74) is 1.35. The van der Waals surface area contributed by atoms with Crippen LogP contribution in [0.1, 0.15) is 42.1 Å². The number of aryl methyl sites for hydroxylation is 1. The molecular weight excluding hydrogens is 416 g/mol. The molecule has 3 rings (SSSR count). The number of rotatable bonds is 8. The van der Waals surface area contributed by atoms with Gasteiger partial charge in [-0.15, -0.1) is 0 Å². The van der Waals surface area contributed by atoms with E-state index in [0.29, 0.717) is 18.7 Å². The van der Waals surface area contributed by atoms with E-state index in [1.807, 2.05) is 12.1 Å². The van der Waals surface area contributed by atoms with E-state index in [4.69, 9.17) is 0 Å². The Balaban J connectivity index is 1.54. The molecule has 1 fully saturated rings. The van der Waals surface area contributed by atoms with Crippen molar-refractivity contribution in [1.29, 1.82) is 0 Å². The highest BCUT2D eigenvalue weighted by atomic mass is 32.2. The van der Waals surface area contributed by atoms with Crippen LogP contribution in [0, 0.1) is 5.92 Å². The molecule has 1 aliphatic rings. The summed E-state index contributed by atoms with van der Waals surface area (Å²) in [6, 6.07) is 7.23. The van der Waals surface area contributed by atoms with Gasteiger partial charge in [-0.3, -0.25) is 19.4 Å². The minimum atomic E-state index is -0.585. The van der Waals surface area contributed by atoms with Gasteiger partial charge in [0.1, 0.15) is 6.04 Å². The molecule has 0 bridgehead atoms. The minimum Gasteiger partial charge on any atom is -0.504 e. The summed E-state index contributed by atoms with van der Waals surface area (Å²) in [6.07, 6.45) is 5.57. The van der Waals surface area contributed by atoms with Crippen molar-refractivity contribution in [2.75, 3.05) is 12.3 Å². The van der Waals surface area contributed by atoms with Crippen molar-refractivity contribution < 1.29 is 24.6 Å². The van der Waals surface area contributed by atoms with Crippen LogP contribution in [0.2, 0.25) is 0 Å². The molecule has 0 saturated carbocycles. The van der Waals surface area contributed by atoms with E-state index in [9.17, 15) is 24.6 Å². The SMILES string of the molecule is CC(CC(=O)c1ccc(O)c(O)c1)C(=O)N1CCCC1C(=O)SCCc1ccncc1. The van der Waals surface area contributed by atoms with Crippen molar-refractivity contribution in [2.45, 2.75) is 38.6 Å². The Bertz CT molecular complexity index is 950. The van der Waals surface area contributed by atoms with E-state index in [2.05, 4.69) is 4.98 Å². The first kappa shape index (κ1) is 22.8. The lowest BCUT2D eigenvalue weighted by molar-refractivity contribution is -0.138. The van der Waals surface area contributed by atoms with Crippen LogP contribution in [0.25, 0.3) is 0 Å². The van der Waals surface area contributed by atoms with E-state index >= 15 is 0 Å². The summed E-state index contributed by atoms with van der Waals surface area (Å²) in [5, 5.41) is 19.0. The number of aromatic hydroxyl groups is 2.